The van der Waals surface area contributed by atoms with Gasteiger partial charge in [0.05, 0.1) is 4.92 Å². The summed E-state index contributed by atoms with van der Waals surface area (Å²) >= 11 is 0. The number of nitrogens with one attached hydrogen (secondary N) is 1. The monoisotopic (exact) mass is 281 g/mol. The molecule has 1 saturated heterocycles. The second-order valence-corrected chi connectivity index (χ2v) is 5.34. The van der Waals surface area contributed by atoms with Crippen molar-refractivity contribution in [2.24, 2.45) is 5.92 Å². The van der Waals surface area contributed by atoms with Crippen molar-refractivity contribution in [2.75, 3.05) is 31.6 Å². The Bertz CT molecular complexity index is 483. The highest BCUT2D eigenvalue weighted by atomic mass is 16.6. The molecule has 2 rings (SSSR count). The first-order chi connectivity index (χ1) is 9.58. The van der Waals surface area contributed by atoms with Gasteiger partial charge in [-0.05, 0) is 46.2 Å². The predicted molar refractivity (Wildman–Crippen MR) is 78.2 cm³/mol. The zero-order valence-corrected chi connectivity index (χ0v) is 12.4. The van der Waals surface area contributed by atoms with Gasteiger partial charge in [-0.15, -0.1) is 0 Å². The molecule has 0 amide bonds. The number of nitro groups is 1. The Labute approximate surface area is 119 Å². The number of aryl methyl sites for hydroxylation is 2. The van der Waals surface area contributed by atoms with Crippen LogP contribution in [0.15, 0.2) is 0 Å². The largest absolute Gasteiger partial charge is 0.351 e. The van der Waals surface area contributed by atoms with Crippen LogP contribution < -0.4 is 10.2 Å². The van der Waals surface area contributed by atoms with E-state index in [-0.39, 0.29) is 10.6 Å². The summed E-state index contributed by atoms with van der Waals surface area (Å²) in [6.45, 7) is 7.00. The van der Waals surface area contributed by atoms with E-state index < -0.39 is 0 Å². The van der Waals surface area contributed by atoms with Gasteiger partial charge in [0.25, 0.3) is 0 Å². The first-order valence-electron chi connectivity index (χ1n) is 7.19. The standard InChI is InChI=1S/C13H23N5O2/c1-4-17-13(12(18(19)20)10(2)15-17)16-7-5-6-11(9-16)8-14-3/h11,14H,4-9H2,1-3H3. The van der Waals surface area contributed by atoms with E-state index in [1.807, 2.05) is 14.0 Å². The minimum Gasteiger partial charge on any atom is -0.351 e. The third-order valence-corrected chi connectivity index (χ3v) is 3.86. The van der Waals surface area contributed by atoms with Gasteiger partial charge >= 0.3 is 5.69 Å². The van der Waals surface area contributed by atoms with Gasteiger partial charge in [-0.2, -0.15) is 5.10 Å². The summed E-state index contributed by atoms with van der Waals surface area (Å²) in [5, 5.41) is 18.8. The summed E-state index contributed by atoms with van der Waals surface area (Å²) < 4.78 is 1.76. The molecule has 1 unspecified atom stereocenters. The van der Waals surface area contributed by atoms with Crippen LogP contribution in [0.1, 0.15) is 25.5 Å². The van der Waals surface area contributed by atoms with Crippen LogP contribution in [0.25, 0.3) is 0 Å². The molecule has 112 valence electrons. The Hall–Kier alpha value is -1.63. The molecule has 0 saturated carbocycles. The molecule has 0 aliphatic carbocycles. The SMILES string of the molecule is CCn1nc(C)c([N+](=O)[O-])c1N1CCCC(CNC)C1. The Balaban J connectivity index is 2.33. The molecule has 2 heterocycles. The van der Waals surface area contributed by atoms with E-state index >= 15 is 0 Å². The van der Waals surface area contributed by atoms with Crippen molar-refractivity contribution in [3.63, 3.8) is 0 Å². The van der Waals surface area contributed by atoms with E-state index in [0.717, 1.165) is 26.1 Å². The number of nitrogens with zero attached hydrogens (tertiary/aromatic N) is 4. The van der Waals surface area contributed by atoms with E-state index in [0.29, 0.717) is 24.0 Å². The second kappa shape index (κ2) is 6.21. The summed E-state index contributed by atoms with van der Waals surface area (Å²) in [5.74, 6) is 1.21. The van der Waals surface area contributed by atoms with Crippen molar-refractivity contribution >= 4 is 11.5 Å². The molecule has 0 radical (unpaired) electrons. The van der Waals surface area contributed by atoms with Crippen molar-refractivity contribution in [2.45, 2.75) is 33.2 Å². The van der Waals surface area contributed by atoms with E-state index in [1.165, 1.54) is 6.42 Å². The molecule has 0 bridgehead atoms. The lowest BCUT2D eigenvalue weighted by molar-refractivity contribution is -0.384. The molecule has 7 nitrogen and oxygen atoms in total. The van der Waals surface area contributed by atoms with Crippen molar-refractivity contribution in [3.8, 4) is 0 Å². The molecule has 20 heavy (non-hydrogen) atoms. The van der Waals surface area contributed by atoms with Crippen molar-refractivity contribution in [1.82, 2.24) is 15.1 Å². The summed E-state index contributed by atoms with van der Waals surface area (Å²) in [6.07, 6.45) is 2.24. The number of aromatic nitrogens is 2. The summed E-state index contributed by atoms with van der Waals surface area (Å²) in [5.41, 5.74) is 0.666. The molecule has 0 spiro atoms. The van der Waals surface area contributed by atoms with Crippen LogP contribution in [0.5, 0.6) is 0 Å². The topological polar surface area (TPSA) is 76.2 Å². The molecular weight excluding hydrogens is 258 g/mol. The van der Waals surface area contributed by atoms with Gasteiger partial charge in [0.1, 0.15) is 5.69 Å². The highest BCUT2D eigenvalue weighted by molar-refractivity contribution is 5.61. The second-order valence-electron chi connectivity index (χ2n) is 5.34. The summed E-state index contributed by atoms with van der Waals surface area (Å²) in [7, 11) is 1.95. The zero-order valence-electron chi connectivity index (χ0n) is 12.4. The van der Waals surface area contributed by atoms with Gasteiger partial charge < -0.3 is 10.2 Å². The molecule has 1 fully saturated rings. The van der Waals surface area contributed by atoms with Crippen LogP contribution in [0.3, 0.4) is 0 Å². The first-order valence-corrected chi connectivity index (χ1v) is 7.19. The molecule has 7 heteroatoms. The lowest BCUT2D eigenvalue weighted by Gasteiger charge is -2.33. The quantitative estimate of drug-likeness (QED) is 0.654. The fourth-order valence-electron chi connectivity index (χ4n) is 3.02. The van der Waals surface area contributed by atoms with Gasteiger partial charge in [-0.1, -0.05) is 0 Å². The van der Waals surface area contributed by atoms with Crippen LogP contribution >= 0.6 is 0 Å². The Morgan fingerprint density at radius 1 is 1.55 bits per heavy atom. The zero-order chi connectivity index (χ0) is 14.7. The summed E-state index contributed by atoms with van der Waals surface area (Å²) in [4.78, 5) is 13.2. The minimum atomic E-state index is -0.300. The maximum atomic E-state index is 11.3. The lowest BCUT2D eigenvalue weighted by atomic mass is 9.98. The third-order valence-electron chi connectivity index (χ3n) is 3.86. The first kappa shape index (κ1) is 14.8. The van der Waals surface area contributed by atoms with Crippen molar-refractivity contribution in [1.29, 1.82) is 0 Å². The highest BCUT2D eigenvalue weighted by Gasteiger charge is 2.31. The van der Waals surface area contributed by atoms with Crippen LogP contribution in [-0.2, 0) is 6.54 Å². The van der Waals surface area contributed by atoms with E-state index in [1.54, 1.807) is 11.6 Å². The molecule has 1 aromatic rings. The molecule has 1 atom stereocenters. The molecule has 1 aliphatic rings. The van der Waals surface area contributed by atoms with Crippen LogP contribution in [-0.4, -0.2) is 41.4 Å². The van der Waals surface area contributed by atoms with Crippen LogP contribution in [0, 0.1) is 23.0 Å². The minimum absolute atomic E-state index is 0.164. The lowest BCUT2D eigenvalue weighted by Crippen LogP contribution is -2.40. The van der Waals surface area contributed by atoms with E-state index in [2.05, 4.69) is 15.3 Å². The summed E-state index contributed by atoms with van der Waals surface area (Å²) in [6, 6.07) is 0. The smallest absolute Gasteiger partial charge is 0.333 e. The Morgan fingerprint density at radius 2 is 2.30 bits per heavy atom. The molecular formula is C13H23N5O2. The molecule has 1 aliphatic heterocycles. The average Bonchev–Trinajstić information content (AvgIpc) is 2.76. The fourth-order valence-corrected chi connectivity index (χ4v) is 3.02. The highest BCUT2D eigenvalue weighted by Crippen LogP contribution is 2.34. The van der Waals surface area contributed by atoms with Gasteiger partial charge in [0, 0.05) is 19.6 Å². The number of anilines is 1. The van der Waals surface area contributed by atoms with E-state index in [9.17, 15) is 10.1 Å². The van der Waals surface area contributed by atoms with E-state index in [4.69, 9.17) is 0 Å². The predicted octanol–water partition coefficient (Wildman–Crippen LogP) is 1.56. The number of rotatable bonds is 5. The molecule has 1 N–H and O–H groups in total. The van der Waals surface area contributed by atoms with Gasteiger partial charge in [-0.25, -0.2) is 4.68 Å². The average molecular weight is 281 g/mol. The third kappa shape index (κ3) is 2.77. The molecule has 0 aromatic carbocycles. The number of hydrogen-bond acceptors (Lipinski definition) is 5. The van der Waals surface area contributed by atoms with Gasteiger partial charge in [0.2, 0.25) is 5.82 Å². The van der Waals surface area contributed by atoms with Gasteiger partial charge in [-0.3, -0.25) is 10.1 Å². The van der Waals surface area contributed by atoms with Crippen LogP contribution in [0.4, 0.5) is 11.5 Å². The Morgan fingerprint density at radius 3 is 2.90 bits per heavy atom. The Kier molecular flexibility index (Phi) is 4.59. The molecule has 1 aromatic heterocycles. The normalized spacial score (nSPS) is 19.4. The maximum absolute atomic E-state index is 11.3. The fraction of sp³-hybridized carbons (Fsp3) is 0.769. The van der Waals surface area contributed by atoms with Crippen LogP contribution in [0.2, 0.25) is 0 Å². The number of piperidine rings is 1. The van der Waals surface area contributed by atoms with Crippen molar-refractivity contribution in [3.05, 3.63) is 15.8 Å². The maximum Gasteiger partial charge on any atom is 0.333 e. The van der Waals surface area contributed by atoms with Crippen molar-refractivity contribution < 1.29 is 4.92 Å². The van der Waals surface area contributed by atoms with Gasteiger partial charge in [0.15, 0.2) is 0 Å². The number of hydrogen-bond donors (Lipinski definition) is 1.